The van der Waals surface area contributed by atoms with Gasteiger partial charge in [-0.15, -0.1) is 0 Å². The minimum Gasteiger partial charge on any atom is -0.370 e. The van der Waals surface area contributed by atoms with Crippen molar-refractivity contribution in [1.82, 2.24) is 4.90 Å². The number of likely N-dealkylation sites (tertiary alicyclic amines) is 1. The van der Waals surface area contributed by atoms with Gasteiger partial charge < -0.3 is 16.0 Å². The number of benzene rings is 1. The summed E-state index contributed by atoms with van der Waals surface area (Å²) >= 11 is 0. The lowest BCUT2D eigenvalue weighted by molar-refractivity contribution is -0.127. The lowest BCUT2D eigenvalue weighted by Crippen LogP contribution is -2.27. The van der Waals surface area contributed by atoms with E-state index >= 15 is 0 Å². The fourth-order valence-electron chi connectivity index (χ4n) is 2.46. The van der Waals surface area contributed by atoms with Crippen molar-refractivity contribution in [3.05, 3.63) is 29.8 Å². The number of carbonyl (C=O) groups is 1. The summed E-state index contributed by atoms with van der Waals surface area (Å²) in [4.78, 5) is 17.7. The molecule has 1 aliphatic rings. The standard InChI is InChI=1S/C15H20F2N4O/c1-2-5-21-9-10(6-14(21)22)8-19-15(18)20-13-7-11(16)3-4-12(13)17/h3-4,7,10H,2,5-6,8-9H2,1H3,(H3,18,19,20). The summed E-state index contributed by atoms with van der Waals surface area (Å²) in [6, 6.07) is 3.06. The molecule has 3 N–H and O–H groups in total. The van der Waals surface area contributed by atoms with E-state index in [1.54, 1.807) is 0 Å². The van der Waals surface area contributed by atoms with E-state index in [1.807, 2.05) is 11.8 Å². The van der Waals surface area contributed by atoms with Crippen LogP contribution in [0.4, 0.5) is 14.5 Å². The van der Waals surface area contributed by atoms with E-state index in [2.05, 4.69) is 10.3 Å². The highest BCUT2D eigenvalue weighted by molar-refractivity contribution is 5.92. The van der Waals surface area contributed by atoms with Crippen LogP contribution >= 0.6 is 0 Å². The maximum Gasteiger partial charge on any atom is 0.222 e. The Hall–Kier alpha value is -2.18. The van der Waals surface area contributed by atoms with E-state index in [0.29, 0.717) is 19.5 Å². The Kier molecular flexibility index (Phi) is 5.30. The number of hydrogen-bond donors (Lipinski definition) is 2. The van der Waals surface area contributed by atoms with Crippen molar-refractivity contribution >= 4 is 17.6 Å². The van der Waals surface area contributed by atoms with Crippen molar-refractivity contribution in [1.29, 1.82) is 0 Å². The summed E-state index contributed by atoms with van der Waals surface area (Å²) in [7, 11) is 0. The molecule has 7 heteroatoms. The zero-order valence-corrected chi connectivity index (χ0v) is 12.5. The smallest absolute Gasteiger partial charge is 0.222 e. The number of guanidine groups is 1. The SMILES string of the molecule is CCCN1CC(CN=C(N)Nc2cc(F)ccc2F)CC1=O. The monoisotopic (exact) mass is 310 g/mol. The van der Waals surface area contributed by atoms with Crippen LogP contribution in [0.1, 0.15) is 19.8 Å². The molecule has 1 atom stereocenters. The fourth-order valence-corrected chi connectivity index (χ4v) is 2.46. The Bertz CT molecular complexity index is 577. The molecule has 1 aliphatic heterocycles. The average Bonchev–Trinajstić information content (AvgIpc) is 2.82. The highest BCUT2D eigenvalue weighted by Gasteiger charge is 2.28. The first kappa shape index (κ1) is 16.2. The number of nitrogens with two attached hydrogens (primary N) is 1. The summed E-state index contributed by atoms with van der Waals surface area (Å²) < 4.78 is 26.5. The summed E-state index contributed by atoms with van der Waals surface area (Å²) in [6.07, 6.45) is 1.37. The van der Waals surface area contributed by atoms with Crippen LogP contribution in [0.3, 0.4) is 0 Å². The van der Waals surface area contributed by atoms with Crippen LogP contribution in [-0.2, 0) is 4.79 Å². The topological polar surface area (TPSA) is 70.7 Å². The minimum atomic E-state index is -0.607. The van der Waals surface area contributed by atoms with Gasteiger partial charge in [0.1, 0.15) is 11.6 Å². The largest absolute Gasteiger partial charge is 0.370 e. The molecule has 2 rings (SSSR count). The molecule has 0 spiro atoms. The Morgan fingerprint density at radius 1 is 1.50 bits per heavy atom. The summed E-state index contributed by atoms with van der Waals surface area (Å²) in [6.45, 7) is 3.81. The van der Waals surface area contributed by atoms with Crippen LogP contribution in [0.15, 0.2) is 23.2 Å². The Morgan fingerprint density at radius 2 is 2.27 bits per heavy atom. The van der Waals surface area contributed by atoms with Crippen LogP contribution in [0, 0.1) is 17.6 Å². The molecule has 1 amide bonds. The molecule has 5 nitrogen and oxygen atoms in total. The van der Waals surface area contributed by atoms with Gasteiger partial charge in [-0.1, -0.05) is 6.92 Å². The first-order valence-corrected chi connectivity index (χ1v) is 7.29. The molecule has 1 fully saturated rings. The van der Waals surface area contributed by atoms with Crippen molar-refractivity contribution in [3.63, 3.8) is 0 Å². The highest BCUT2D eigenvalue weighted by atomic mass is 19.1. The molecule has 0 bridgehead atoms. The van der Waals surface area contributed by atoms with E-state index in [4.69, 9.17) is 5.73 Å². The van der Waals surface area contributed by atoms with Gasteiger partial charge in [0.25, 0.3) is 0 Å². The number of rotatable bonds is 5. The third-order valence-electron chi connectivity index (χ3n) is 3.50. The molecular weight excluding hydrogens is 290 g/mol. The number of anilines is 1. The molecule has 1 aromatic rings. The van der Waals surface area contributed by atoms with Crippen LogP contribution in [0.5, 0.6) is 0 Å². The van der Waals surface area contributed by atoms with Crippen LogP contribution in [0.2, 0.25) is 0 Å². The maximum atomic E-state index is 13.5. The first-order valence-electron chi connectivity index (χ1n) is 7.29. The van der Waals surface area contributed by atoms with Gasteiger partial charge in [-0.25, -0.2) is 8.78 Å². The molecule has 1 aromatic carbocycles. The molecule has 1 heterocycles. The van der Waals surface area contributed by atoms with E-state index in [1.165, 1.54) is 0 Å². The van der Waals surface area contributed by atoms with Gasteiger partial charge in [-0.05, 0) is 18.6 Å². The maximum absolute atomic E-state index is 13.5. The summed E-state index contributed by atoms with van der Waals surface area (Å²) in [5, 5.41) is 2.54. The molecule has 0 aromatic heterocycles. The van der Waals surface area contributed by atoms with Gasteiger partial charge in [-0.2, -0.15) is 0 Å². The number of aliphatic imine (C=N–C) groups is 1. The molecule has 0 radical (unpaired) electrons. The van der Waals surface area contributed by atoms with Gasteiger partial charge in [-0.3, -0.25) is 9.79 Å². The van der Waals surface area contributed by atoms with E-state index in [-0.39, 0.29) is 23.5 Å². The van der Waals surface area contributed by atoms with Gasteiger partial charge in [0, 0.05) is 38.0 Å². The predicted octanol–water partition coefficient (Wildman–Crippen LogP) is 1.95. The zero-order valence-electron chi connectivity index (χ0n) is 12.5. The molecule has 1 unspecified atom stereocenters. The lowest BCUT2D eigenvalue weighted by atomic mass is 10.1. The van der Waals surface area contributed by atoms with Crippen molar-refractivity contribution < 1.29 is 13.6 Å². The second kappa shape index (κ2) is 7.20. The molecule has 22 heavy (non-hydrogen) atoms. The molecule has 0 saturated carbocycles. The molecular formula is C15H20F2N4O. The quantitative estimate of drug-likeness (QED) is 0.645. The summed E-state index contributed by atoms with van der Waals surface area (Å²) in [5.74, 6) is -0.926. The molecule has 1 saturated heterocycles. The van der Waals surface area contributed by atoms with E-state index < -0.39 is 11.6 Å². The molecule has 120 valence electrons. The highest BCUT2D eigenvalue weighted by Crippen LogP contribution is 2.18. The summed E-state index contributed by atoms with van der Waals surface area (Å²) in [5.41, 5.74) is 5.62. The number of nitrogens with zero attached hydrogens (tertiary/aromatic N) is 2. The van der Waals surface area contributed by atoms with E-state index in [0.717, 1.165) is 31.2 Å². The average molecular weight is 310 g/mol. The van der Waals surface area contributed by atoms with Crippen LogP contribution in [0.25, 0.3) is 0 Å². The minimum absolute atomic E-state index is 0.00545. The van der Waals surface area contributed by atoms with Crippen LogP contribution < -0.4 is 11.1 Å². The zero-order chi connectivity index (χ0) is 16.1. The Morgan fingerprint density at radius 3 is 3.00 bits per heavy atom. The normalized spacial score (nSPS) is 18.9. The predicted molar refractivity (Wildman–Crippen MR) is 81.4 cm³/mol. The van der Waals surface area contributed by atoms with Crippen molar-refractivity contribution in [2.45, 2.75) is 19.8 Å². The van der Waals surface area contributed by atoms with Gasteiger partial charge in [0.05, 0.1) is 5.69 Å². The number of nitrogens with one attached hydrogen (secondary N) is 1. The second-order valence-electron chi connectivity index (χ2n) is 5.39. The second-order valence-corrected chi connectivity index (χ2v) is 5.39. The third-order valence-corrected chi connectivity index (χ3v) is 3.50. The Balaban J connectivity index is 1.91. The number of halogens is 2. The molecule has 0 aliphatic carbocycles. The fraction of sp³-hybridized carbons (Fsp3) is 0.467. The Labute approximate surface area is 128 Å². The lowest BCUT2D eigenvalue weighted by Gasteiger charge is -2.14. The first-order chi connectivity index (χ1) is 10.5. The third kappa shape index (κ3) is 4.16. The van der Waals surface area contributed by atoms with Crippen molar-refractivity contribution in [2.24, 2.45) is 16.6 Å². The van der Waals surface area contributed by atoms with Gasteiger partial charge >= 0.3 is 0 Å². The van der Waals surface area contributed by atoms with Crippen molar-refractivity contribution in [2.75, 3.05) is 25.0 Å². The number of carbonyl (C=O) groups excluding carboxylic acids is 1. The van der Waals surface area contributed by atoms with E-state index in [9.17, 15) is 13.6 Å². The van der Waals surface area contributed by atoms with Crippen molar-refractivity contribution in [3.8, 4) is 0 Å². The van der Waals surface area contributed by atoms with Gasteiger partial charge in [0.15, 0.2) is 5.96 Å². The number of hydrogen-bond acceptors (Lipinski definition) is 2. The number of amides is 1. The van der Waals surface area contributed by atoms with Gasteiger partial charge in [0.2, 0.25) is 5.91 Å². The van der Waals surface area contributed by atoms with Crippen LogP contribution in [-0.4, -0.2) is 36.4 Å².